The maximum Gasteiger partial charge on any atom is 0.247 e. The molecule has 4 N–H and O–H groups in total. The van der Waals surface area contributed by atoms with Gasteiger partial charge in [-0.2, -0.15) is 0 Å². The molecule has 0 bridgehead atoms. The van der Waals surface area contributed by atoms with Crippen molar-refractivity contribution in [3.8, 4) is 11.5 Å². The molecule has 0 aromatic heterocycles. The van der Waals surface area contributed by atoms with Crippen LogP contribution in [0.4, 0.5) is 0 Å². The molecule has 37 heavy (non-hydrogen) atoms. The number of aliphatic hydroxyl groups excluding tert-OH is 3. The SMILES string of the molecule is COc1cc(CO)cc(I)c1O[C@H]1C=C(C(=O)NCCO)C[C@@H](N(Cc2ccc(Cl)cc2)C(C)=O)[C@@H]1O. The lowest BCUT2D eigenvalue weighted by Crippen LogP contribution is -2.54. The van der Waals surface area contributed by atoms with E-state index >= 15 is 0 Å². The molecule has 1 aliphatic carbocycles. The maximum absolute atomic E-state index is 12.9. The fourth-order valence-electron chi connectivity index (χ4n) is 4.14. The molecule has 3 atom stereocenters. The van der Waals surface area contributed by atoms with Gasteiger partial charge in [-0.25, -0.2) is 0 Å². The summed E-state index contributed by atoms with van der Waals surface area (Å²) in [4.78, 5) is 27.1. The van der Waals surface area contributed by atoms with Gasteiger partial charge in [0.15, 0.2) is 11.5 Å². The second-order valence-electron chi connectivity index (χ2n) is 8.56. The van der Waals surface area contributed by atoms with Crippen molar-refractivity contribution in [1.29, 1.82) is 0 Å². The molecule has 0 radical (unpaired) electrons. The summed E-state index contributed by atoms with van der Waals surface area (Å²) >= 11 is 8.04. The number of ether oxygens (including phenoxy) is 2. The molecule has 0 heterocycles. The number of carbonyl (C=O) groups is 2. The number of benzene rings is 2. The van der Waals surface area contributed by atoms with E-state index in [1.165, 1.54) is 25.0 Å². The summed E-state index contributed by atoms with van der Waals surface area (Å²) in [5.41, 5.74) is 1.75. The van der Waals surface area contributed by atoms with Gasteiger partial charge in [-0.3, -0.25) is 9.59 Å². The zero-order valence-corrected chi connectivity index (χ0v) is 23.4. The van der Waals surface area contributed by atoms with Gasteiger partial charge in [-0.15, -0.1) is 0 Å². The molecule has 0 saturated carbocycles. The first-order chi connectivity index (χ1) is 17.7. The van der Waals surface area contributed by atoms with Crippen LogP contribution in [0.15, 0.2) is 48.0 Å². The molecule has 2 aromatic rings. The van der Waals surface area contributed by atoms with E-state index in [0.29, 0.717) is 31.2 Å². The number of amides is 2. The summed E-state index contributed by atoms with van der Waals surface area (Å²) < 4.78 is 12.3. The smallest absolute Gasteiger partial charge is 0.247 e. The van der Waals surface area contributed by atoms with E-state index in [4.69, 9.17) is 26.2 Å². The Balaban J connectivity index is 1.99. The van der Waals surface area contributed by atoms with E-state index in [2.05, 4.69) is 5.32 Å². The summed E-state index contributed by atoms with van der Waals surface area (Å²) in [6.45, 7) is 1.24. The van der Waals surface area contributed by atoms with Crippen LogP contribution in [-0.2, 0) is 22.7 Å². The Morgan fingerprint density at radius 3 is 2.49 bits per heavy atom. The van der Waals surface area contributed by atoms with Crippen LogP contribution >= 0.6 is 34.2 Å². The number of nitrogens with one attached hydrogen (secondary N) is 1. The average molecular weight is 645 g/mol. The Labute approximate surface area is 234 Å². The van der Waals surface area contributed by atoms with E-state index in [9.17, 15) is 19.8 Å². The van der Waals surface area contributed by atoms with Crippen molar-refractivity contribution in [2.24, 2.45) is 0 Å². The number of carbonyl (C=O) groups excluding carboxylic acids is 2. The lowest BCUT2D eigenvalue weighted by Gasteiger charge is -2.40. The van der Waals surface area contributed by atoms with Crippen molar-refractivity contribution in [3.63, 3.8) is 0 Å². The Bertz CT molecular complexity index is 1140. The Morgan fingerprint density at radius 1 is 1.19 bits per heavy atom. The summed E-state index contributed by atoms with van der Waals surface area (Å²) in [5, 5.41) is 33.3. The predicted octanol–water partition coefficient (Wildman–Crippen LogP) is 2.41. The third-order valence-electron chi connectivity index (χ3n) is 6.01. The second-order valence-corrected chi connectivity index (χ2v) is 10.2. The van der Waals surface area contributed by atoms with Crippen LogP contribution in [-0.4, -0.2) is 70.5 Å². The number of hydrogen-bond acceptors (Lipinski definition) is 7. The zero-order chi connectivity index (χ0) is 27.1. The molecule has 2 amide bonds. The van der Waals surface area contributed by atoms with Gasteiger partial charge in [-0.1, -0.05) is 23.7 Å². The van der Waals surface area contributed by atoms with Crippen molar-refractivity contribution >= 4 is 46.0 Å². The van der Waals surface area contributed by atoms with Crippen molar-refractivity contribution in [2.75, 3.05) is 20.3 Å². The zero-order valence-electron chi connectivity index (χ0n) is 20.5. The van der Waals surface area contributed by atoms with E-state index < -0.39 is 24.2 Å². The molecule has 0 saturated heterocycles. The molecule has 0 unspecified atom stereocenters. The molecule has 0 aliphatic heterocycles. The first-order valence-corrected chi connectivity index (χ1v) is 13.1. The highest BCUT2D eigenvalue weighted by molar-refractivity contribution is 14.1. The number of nitrogens with zero attached hydrogens (tertiary/aromatic N) is 1. The molecule has 1 aliphatic rings. The minimum absolute atomic E-state index is 0.0600. The lowest BCUT2D eigenvalue weighted by atomic mass is 9.88. The first-order valence-electron chi connectivity index (χ1n) is 11.6. The highest BCUT2D eigenvalue weighted by atomic mass is 127. The molecule has 11 heteroatoms. The van der Waals surface area contributed by atoms with Gasteiger partial charge >= 0.3 is 0 Å². The molecular weight excluding hydrogens is 615 g/mol. The minimum atomic E-state index is -1.18. The van der Waals surface area contributed by atoms with Crippen LogP contribution in [0.5, 0.6) is 11.5 Å². The third kappa shape index (κ3) is 7.35. The monoisotopic (exact) mass is 644 g/mol. The number of aliphatic hydroxyl groups is 3. The predicted molar refractivity (Wildman–Crippen MR) is 146 cm³/mol. The largest absolute Gasteiger partial charge is 0.493 e. The van der Waals surface area contributed by atoms with Gasteiger partial charge in [0.1, 0.15) is 12.2 Å². The van der Waals surface area contributed by atoms with Gasteiger partial charge in [0.25, 0.3) is 0 Å². The van der Waals surface area contributed by atoms with Crippen LogP contribution in [0.3, 0.4) is 0 Å². The topological polar surface area (TPSA) is 129 Å². The number of halogens is 2. The summed E-state index contributed by atoms with van der Waals surface area (Å²) in [5.74, 6) is -0.0148. The van der Waals surface area contributed by atoms with Crippen molar-refractivity contribution < 1.29 is 34.4 Å². The van der Waals surface area contributed by atoms with Gasteiger partial charge < -0.3 is 35.0 Å². The van der Waals surface area contributed by atoms with E-state index in [1.807, 2.05) is 22.6 Å². The molecule has 200 valence electrons. The Morgan fingerprint density at radius 2 is 1.89 bits per heavy atom. The average Bonchev–Trinajstić information content (AvgIpc) is 2.88. The fourth-order valence-corrected chi connectivity index (χ4v) is 5.06. The highest BCUT2D eigenvalue weighted by Gasteiger charge is 2.40. The van der Waals surface area contributed by atoms with Crippen molar-refractivity contribution in [1.82, 2.24) is 10.2 Å². The summed E-state index contributed by atoms with van der Waals surface area (Å²) in [7, 11) is 1.47. The minimum Gasteiger partial charge on any atom is -0.493 e. The van der Waals surface area contributed by atoms with Crippen LogP contribution in [0.1, 0.15) is 24.5 Å². The number of rotatable bonds is 10. The quantitative estimate of drug-likeness (QED) is 0.293. The normalized spacial score (nSPS) is 19.1. The number of methoxy groups -OCH3 is 1. The standard InChI is InChI=1S/C26H30ClIN2O7/c1-15(33)30(13-16-3-5-19(27)6-4-16)21-11-18(26(35)29-7-8-31)12-22(24(21)34)37-25-20(28)9-17(14-32)10-23(25)36-2/h3-6,9-10,12,21-22,24,31-32,34H,7-8,11,13-14H2,1-2H3,(H,29,35)/t21-,22+,24+/m1/s1. The number of hydrogen-bond donors (Lipinski definition) is 4. The molecule has 9 nitrogen and oxygen atoms in total. The molecular formula is C26H30ClIN2O7. The van der Waals surface area contributed by atoms with Crippen LogP contribution in [0, 0.1) is 3.57 Å². The van der Waals surface area contributed by atoms with Crippen LogP contribution in [0.25, 0.3) is 0 Å². The van der Waals surface area contributed by atoms with Gasteiger partial charge in [-0.05, 0) is 64.1 Å². The van der Waals surface area contributed by atoms with Gasteiger partial charge in [0, 0.05) is 37.0 Å². The third-order valence-corrected chi connectivity index (χ3v) is 7.06. The fraction of sp³-hybridized carbons (Fsp3) is 0.385. The van der Waals surface area contributed by atoms with Gasteiger partial charge in [0.2, 0.25) is 11.8 Å². The van der Waals surface area contributed by atoms with E-state index in [0.717, 1.165) is 5.56 Å². The highest BCUT2D eigenvalue weighted by Crippen LogP contribution is 2.37. The van der Waals surface area contributed by atoms with E-state index in [1.54, 1.807) is 36.4 Å². The van der Waals surface area contributed by atoms with Crippen molar-refractivity contribution in [3.05, 3.63) is 67.8 Å². The van der Waals surface area contributed by atoms with Crippen molar-refractivity contribution in [2.45, 2.75) is 44.7 Å². The first kappa shape index (κ1) is 29.2. The lowest BCUT2D eigenvalue weighted by molar-refractivity contribution is -0.137. The van der Waals surface area contributed by atoms with Crippen LogP contribution < -0.4 is 14.8 Å². The molecule has 2 aromatic carbocycles. The van der Waals surface area contributed by atoms with Gasteiger partial charge in [0.05, 0.1) is 29.9 Å². The van der Waals surface area contributed by atoms with Crippen LogP contribution in [0.2, 0.25) is 5.02 Å². The molecule has 0 spiro atoms. The Kier molecular flexibility index (Phi) is 10.6. The van der Waals surface area contributed by atoms with E-state index in [-0.39, 0.29) is 38.6 Å². The summed E-state index contributed by atoms with van der Waals surface area (Å²) in [6.07, 6.45) is -0.556. The maximum atomic E-state index is 12.9. The molecule has 3 rings (SSSR count). The Hall–Kier alpha value is -2.38. The summed E-state index contributed by atoms with van der Waals surface area (Å²) in [6, 6.07) is 9.60. The molecule has 0 fully saturated rings. The second kappa shape index (κ2) is 13.4.